The fourth-order valence-electron chi connectivity index (χ4n) is 2.33. The van der Waals surface area contributed by atoms with Gasteiger partial charge in [-0.2, -0.15) is 5.10 Å². The number of hydrogen-bond acceptors (Lipinski definition) is 4. The fourth-order valence-corrected chi connectivity index (χ4v) is 2.33. The number of benzene rings is 1. The Labute approximate surface area is 131 Å². The number of rotatable bonds is 4. The van der Waals surface area contributed by atoms with Crippen molar-refractivity contribution >= 4 is 29.2 Å². The molecule has 23 heavy (non-hydrogen) atoms. The molecule has 8 heteroatoms. The first-order valence-corrected chi connectivity index (χ1v) is 7.13. The molecule has 1 atom stereocenters. The van der Waals surface area contributed by atoms with Gasteiger partial charge >= 0.3 is 0 Å². The maximum atomic E-state index is 12.2. The molecule has 0 saturated carbocycles. The van der Waals surface area contributed by atoms with Crippen LogP contribution in [0, 0.1) is 0 Å². The first-order valence-electron chi connectivity index (χ1n) is 7.13. The van der Waals surface area contributed by atoms with Crippen LogP contribution in [0.2, 0.25) is 0 Å². The minimum Gasteiger partial charge on any atom is -0.340 e. The van der Waals surface area contributed by atoms with Gasteiger partial charge in [-0.15, -0.1) is 0 Å². The molecule has 0 saturated heterocycles. The summed E-state index contributed by atoms with van der Waals surface area (Å²) in [5.41, 5.74) is 0.879. The summed E-state index contributed by atoms with van der Waals surface area (Å²) in [4.78, 5) is 36.2. The standard InChI is InChI=1S/C15H15N5O3/c21-13(19-12-7-8-16-20-12)6-5-11-15(23)17-10-4-2-1-3-9(10)14(22)18-11/h1-4,7-8,11H,5-6H2,(H,17,23)(H,18,22)(H2,16,19,20,21). The van der Waals surface area contributed by atoms with Crippen molar-refractivity contribution in [1.82, 2.24) is 15.5 Å². The zero-order chi connectivity index (χ0) is 16.2. The molecular weight excluding hydrogens is 298 g/mol. The maximum Gasteiger partial charge on any atom is 0.254 e. The Kier molecular flexibility index (Phi) is 4.05. The monoisotopic (exact) mass is 313 g/mol. The molecule has 3 rings (SSSR count). The van der Waals surface area contributed by atoms with Gasteiger partial charge in [0.2, 0.25) is 11.8 Å². The van der Waals surface area contributed by atoms with Crippen molar-refractivity contribution in [3.05, 3.63) is 42.1 Å². The third kappa shape index (κ3) is 3.37. The highest BCUT2D eigenvalue weighted by Gasteiger charge is 2.27. The van der Waals surface area contributed by atoms with Crippen LogP contribution in [0.1, 0.15) is 23.2 Å². The minimum absolute atomic E-state index is 0.0910. The van der Waals surface area contributed by atoms with Crippen LogP contribution in [-0.2, 0) is 9.59 Å². The lowest BCUT2D eigenvalue weighted by molar-refractivity contribution is -0.118. The highest BCUT2D eigenvalue weighted by atomic mass is 16.2. The molecule has 1 aromatic heterocycles. The second-order valence-corrected chi connectivity index (χ2v) is 5.12. The van der Waals surface area contributed by atoms with Crippen LogP contribution in [0.25, 0.3) is 0 Å². The summed E-state index contributed by atoms with van der Waals surface area (Å²) in [6, 6.07) is 7.63. The second-order valence-electron chi connectivity index (χ2n) is 5.12. The fraction of sp³-hybridized carbons (Fsp3) is 0.200. The van der Waals surface area contributed by atoms with Crippen LogP contribution in [0.5, 0.6) is 0 Å². The average molecular weight is 313 g/mol. The minimum atomic E-state index is -0.762. The van der Waals surface area contributed by atoms with Gasteiger partial charge in [-0.3, -0.25) is 19.5 Å². The lowest BCUT2D eigenvalue weighted by Gasteiger charge is -2.14. The van der Waals surface area contributed by atoms with Gasteiger partial charge in [-0.05, 0) is 18.6 Å². The van der Waals surface area contributed by atoms with Crippen molar-refractivity contribution < 1.29 is 14.4 Å². The van der Waals surface area contributed by atoms with Gasteiger partial charge in [-0.1, -0.05) is 12.1 Å². The highest BCUT2D eigenvalue weighted by Crippen LogP contribution is 2.19. The normalized spacial score (nSPS) is 16.8. The lowest BCUT2D eigenvalue weighted by Crippen LogP contribution is -2.41. The van der Waals surface area contributed by atoms with Crippen LogP contribution in [0.15, 0.2) is 36.5 Å². The molecule has 118 valence electrons. The molecule has 1 aliphatic rings. The average Bonchev–Trinajstić information content (AvgIpc) is 3.00. The second kappa shape index (κ2) is 6.30. The van der Waals surface area contributed by atoms with Gasteiger partial charge in [0.25, 0.3) is 5.91 Å². The molecular formula is C15H15N5O3. The molecule has 0 radical (unpaired) electrons. The number of aromatic amines is 1. The van der Waals surface area contributed by atoms with Crippen molar-refractivity contribution in [1.29, 1.82) is 0 Å². The number of hydrogen-bond donors (Lipinski definition) is 4. The van der Waals surface area contributed by atoms with Crippen LogP contribution in [0.4, 0.5) is 11.5 Å². The van der Waals surface area contributed by atoms with E-state index in [9.17, 15) is 14.4 Å². The summed E-state index contributed by atoms with van der Waals surface area (Å²) in [5, 5.41) is 14.3. The van der Waals surface area contributed by atoms with E-state index in [-0.39, 0.29) is 30.6 Å². The van der Waals surface area contributed by atoms with E-state index in [1.54, 1.807) is 30.3 Å². The predicted octanol–water partition coefficient (Wildman–Crippen LogP) is 0.879. The zero-order valence-corrected chi connectivity index (χ0v) is 12.1. The van der Waals surface area contributed by atoms with Gasteiger partial charge in [0.05, 0.1) is 17.4 Å². The molecule has 1 aliphatic heterocycles. The number of H-pyrrole nitrogens is 1. The van der Waals surface area contributed by atoms with Crippen molar-refractivity contribution in [2.24, 2.45) is 0 Å². The Balaban J connectivity index is 1.62. The van der Waals surface area contributed by atoms with Crippen LogP contribution < -0.4 is 16.0 Å². The largest absolute Gasteiger partial charge is 0.340 e. The quantitative estimate of drug-likeness (QED) is 0.670. The van der Waals surface area contributed by atoms with Crippen LogP contribution >= 0.6 is 0 Å². The number of amides is 3. The maximum absolute atomic E-state index is 12.2. The summed E-state index contributed by atoms with van der Waals surface area (Å²) in [7, 11) is 0. The van der Waals surface area contributed by atoms with Crippen LogP contribution in [-0.4, -0.2) is 34.0 Å². The number of nitrogens with zero attached hydrogens (tertiary/aromatic N) is 1. The van der Waals surface area contributed by atoms with Gasteiger partial charge < -0.3 is 16.0 Å². The first-order chi connectivity index (χ1) is 11.1. The number of carbonyl (C=O) groups excluding carboxylic acids is 3. The third-order valence-corrected chi connectivity index (χ3v) is 3.49. The summed E-state index contributed by atoms with van der Waals surface area (Å²) < 4.78 is 0. The Bertz CT molecular complexity index is 741. The van der Waals surface area contributed by atoms with E-state index in [0.717, 1.165) is 0 Å². The number of anilines is 2. The van der Waals surface area contributed by atoms with E-state index in [2.05, 4.69) is 26.1 Å². The first kappa shape index (κ1) is 14.8. The molecule has 3 amide bonds. The summed E-state index contributed by atoms with van der Waals surface area (Å²) >= 11 is 0. The smallest absolute Gasteiger partial charge is 0.254 e. The lowest BCUT2D eigenvalue weighted by atomic mass is 10.1. The summed E-state index contributed by atoms with van der Waals surface area (Å²) in [6.07, 6.45) is 1.81. The van der Waals surface area contributed by atoms with E-state index in [1.807, 2.05) is 0 Å². The van der Waals surface area contributed by atoms with Crippen molar-refractivity contribution in [2.75, 3.05) is 10.6 Å². The van der Waals surface area contributed by atoms with Gasteiger partial charge in [-0.25, -0.2) is 0 Å². The molecule has 2 heterocycles. The zero-order valence-electron chi connectivity index (χ0n) is 12.1. The molecule has 0 spiro atoms. The summed E-state index contributed by atoms with van der Waals surface area (Å²) in [6.45, 7) is 0. The molecule has 0 bridgehead atoms. The Morgan fingerprint density at radius 2 is 2.04 bits per heavy atom. The van der Waals surface area contributed by atoms with Gasteiger partial charge in [0, 0.05) is 12.5 Å². The molecule has 1 unspecified atom stereocenters. The van der Waals surface area contributed by atoms with E-state index < -0.39 is 6.04 Å². The molecule has 2 aromatic rings. The van der Waals surface area contributed by atoms with E-state index in [4.69, 9.17) is 0 Å². The highest BCUT2D eigenvalue weighted by molar-refractivity contribution is 6.09. The Morgan fingerprint density at radius 3 is 2.83 bits per heavy atom. The van der Waals surface area contributed by atoms with Gasteiger partial charge in [0.1, 0.15) is 11.9 Å². The molecule has 1 aromatic carbocycles. The SMILES string of the molecule is O=C(CCC1NC(=O)c2ccccc2NC1=O)Nc1ccn[nH]1. The molecule has 0 aliphatic carbocycles. The van der Waals surface area contributed by atoms with E-state index >= 15 is 0 Å². The number of fused-ring (bicyclic) bond motifs is 1. The number of aromatic nitrogens is 2. The van der Waals surface area contributed by atoms with Crippen molar-refractivity contribution in [3.8, 4) is 0 Å². The van der Waals surface area contributed by atoms with Gasteiger partial charge in [0.15, 0.2) is 0 Å². The number of carbonyl (C=O) groups is 3. The Morgan fingerprint density at radius 1 is 1.22 bits per heavy atom. The Hall–Kier alpha value is -3.16. The summed E-state index contributed by atoms with van der Waals surface area (Å²) in [5.74, 6) is -0.453. The van der Waals surface area contributed by atoms with E-state index in [0.29, 0.717) is 17.1 Å². The number of nitrogens with one attached hydrogen (secondary N) is 4. The molecule has 4 N–H and O–H groups in total. The van der Waals surface area contributed by atoms with Crippen molar-refractivity contribution in [3.63, 3.8) is 0 Å². The van der Waals surface area contributed by atoms with Crippen molar-refractivity contribution in [2.45, 2.75) is 18.9 Å². The van der Waals surface area contributed by atoms with E-state index in [1.165, 1.54) is 6.20 Å². The molecule has 0 fully saturated rings. The van der Waals surface area contributed by atoms with Crippen LogP contribution in [0.3, 0.4) is 0 Å². The predicted molar refractivity (Wildman–Crippen MR) is 82.8 cm³/mol. The molecule has 8 nitrogen and oxygen atoms in total. The number of para-hydroxylation sites is 1. The third-order valence-electron chi connectivity index (χ3n) is 3.49. The topological polar surface area (TPSA) is 116 Å².